The van der Waals surface area contributed by atoms with Crippen molar-refractivity contribution in [2.75, 3.05) is 39.6 Å². The van der Waals surface area contributed by atoms with Gasteiger partial charge >= 0.3 is 23.9 Å². The van der Waals surface area contributed by atoms with Gasteiger partial charge < -0.3 is 29.2 Å². The third kappa shape index (κ3) is 88.0. The standard InChI is InChI=1S/2C18H34O3.2C18H34O2/c2*1-2-21-18(20)16-14-12-10-8-6-4-3-5-7-9-11-13-15-17-19;2*1-3-5-6-7-8-9-10-11-12-13-14-15-16-17-18(19)20-4-2/h2*3,5,19H,2,4,6-17H2,1H3;2*9-10H,3-8,11-17H2,1-2H3/b5-3+;5-3-;10-9+;10-9-. The van der Waals surface area contributed by atoms with Crippen molar-refractivity contribution < 1.29 is 48.3 Å². The van der Waals surface area contributed by atoms with Crippen molar-refractivity contribution in [2.45, 2.75) is 350 Å². The van der Waals surface area contributed by atoms with Gasteiger partial charge in [0, 0.05) is 38.9 Å². The third-order valence-corrected chi connectivity index (χ3v) is 13.9. The zero-order valence-electron chi connectivity index (χ0n) is 55.0. The van der Waals surface area contributed by atoms with Crippen molar-refractivity contribution in [1.29, 1.82) is 0 Å². The fourth-order valence-corrected chi connectivity index (χ4v) is 8.96. The fourth-order valence-electron chi connectivity index (χ4n) is 8.96. The minimum absolute atomic E-state index is 0.0430. The molecule has 0 aromatic heterocycles. The van der Waals surface area contributed by atoms with Gasteiger partial charge in [0.2, 0.25) is 0 Å². The largest absolute Gasteiger partial charge is 0.466 e. The Hall–Kier alpha value is -3.24. The Morgan fingerprint density at radius 3 is 0.561 bits per heavy atom. The van der Waals surface area contributed by atoms with Gasteiger partial charge in [-0.1, -0.05) is 204 Å². The monoisotopic (exact) mass is 1160 g/mol. The lowest BCUT2D eigenvalue weighted by Gasteiger charge is -2.01. The van der Waals surface area contributed by atoms with Crippen molar-refractivity contribution >= 4 is 23.9 Å². The number of ether oxygens (including phenoxy) is 4. The first-order valence-electron chi connectivity index (χ1n) is 34.7. The number of carbonyl (C=O) groups excluding carboxylic acids is 4. The van der Waals surface area contributed by atoms with Gasteiger partial charge in [0.15, 0.2) is 0 Å². The number of carbonyl (C=O) groups is 4. The first-order valence-corrected chi connectivity index (χ1v) is 34.7. The summed E-state index contributed by atoms with van der Waals surface area (Å²) in [7, 11) is 0. The average Bonchev–Trinajstić information content (AvgIpc) is 3.46. The van der Waals surface area contributed by atoms with Crippen molar-refractivity contribution in [3.05, 3.63) is 48.6 Å². The number of esters is 4. The maximum Gasteiger partial charge on any atom is 0.305 e. The summed E-state index contributed by atoms with van der Waals surface area (Å²) < 4.78 is 19.6. The summed E-state index contributed by atoms with van der Waals surface area (Å²) in [5.74, 6) is -0.198. The van der Waals surface area contributed by atoms with Crippen LogP contribution in [0.3, 0.4) is 0 Å². The highest BCUT2D eigenvalue weighted by molar-refractivity contribution is 5.70. The van der Waals surface area contributed by atoms with Gasteiger partial charge in [-0.3, -0.25) is 19.2 Å². The molecular weight excluding hydrogens is 1020 g/mol. The summed E-state index contributed by atoms with van der Waals surface area (Å²) >= 11 is 0. The molecule has 484 valence electrons. The maximum atomic E-state index is 11.1. The molecule has 10 nitrogen and oxygen atoms in total. The highest BCUT2D eigenvalue weighted by Crippen LogP contribution is 2.14. The van der Waals surface area contributed by atoms with Gasteiger partial charge in [0.05, 0.1) is 26.4 Å². The van der Waals surface area contributed by atoms with Crippen LogP contribution in [0.2, 0.25) is 0 Å². The van der Waals surface area contributed by atoms with Crippen molar-refractivity contribution in [1.82, 2.24) is 0 Å². The lowest BCUT2D eigenvalue weighted by molar-refractivity contribution is -0.144. The molecule has 0 aromatic carbocycles. The van der Waals surface area contributed by atoms with Crippen LogP contribution in [-0.4, -0.2) is 73.7 Å². The second kappa shape index (κ2) is 82.0. The highest BCUT2D eigenvalue weighted by Gasteiger charge is 2.04. The molecule has 10 heteroatoms. The van der Waals surface area contributed by atoms with Gasteiger partial charge in [-0.2, -0.15) is 0 Å². The molecule has 0 aliphatic rings. The van der Waals surface area contributed by atoms with Gasteiger partial charge in [0.25, 0.3) is 0 Å². The minimum atomic E-state index is -0.0561. The van der Waals surface area contributed by atoms with Crippen LogP contribution in [0, 0.1) is 0 Å². The Bertz CT molecular complexity index is 1270. The van der Waals surface area contributed by atoms with Crippen LogP contribution in [0.4, 0.5) is 0 Å². The first kappa shape index (κ1) is 85.2. The SMILES string of the molecule is CCCCCC/C=C/CCCCCCCC(=O)OCC.CCCCCC/C=C\CCCCCCCC(=O)OCC.CCOC(=O)CCCCCCC/C=C/CCCCCCO.CCOC(=O)CCCCCCC/C=C\CCCCCCO. The molecule has 82 heavy (non-hydrogen) atoms. The van der Waals surface area contributed by atoms with E-state index in [1.165, 1.54) is 205 Å². The van der Waals surface area contributed by atoms with E-state index in [4.69, 9.17) is 29.2 Å². The Balaban J connectivity index is -0.000000495. The van der Waals surface area contributed by atoms with Gasteiger partial charge in [-0.15, -0.1) is 0 Å². The molecule has 0 fully saturated rings. The molecule has 0 atom stereocenters. The van der Waals surface area contributed by atoms with Crippen LogP contribution in [0.25, 0.3) is 0 Å². The summed E-state index contributed by atoms with van der Waals surface area (Å²) in [6.07, 6.45) is 73.9. The zero-order valence-corrected chi connectivity index (χ0v) is 55.0. The van der Waals surface area contributed by atoms with E-state index in [9.17, 15) is 19.2 Å². The van der Waals surface area contributed by atoms with Crippen molar-refractivity contribution in [3.63, 3.8) is 0 Å². The van der Waals surface area contributed by atoms with Crippen LogP contribution < -0.4 is 0 Å². The quantitative estimate of drug-likeness (QED) is 0.0261. The molecule has 0 rings (SSSR count). The zero-order chi connectivity index (χ0) is 61.0. The van der Waals surface area contributed by atoms with E-state index in [2.05, 4.69) is 62.5 Å². The fraction of sp³-hybridized carbons (Fsp3) is 0.833. The molecule has 2 N–H and O–H groups in total. The minimum Gasteiger partial charge on any atom is -0.466 e. The molecule has 0 aliphatic heterocycles. The maximum absolute atomic E-state index is 11.1. The second-order valence-electron chi connectivity index (χ2n) is 21.9. The number of hydrogen-bond acceptors (Lipinski definition) is 10. The topological polar surface area (TPSA) is 146 Å². The van der Waals surface area contributed by atoms with E-state index in [1.54, 1.807) is 0 Å². The molecule has 0 heterocycles. The van der Waals surface area contributed by atoms with Gasteiger partial charge in [0.1, 0.15) is 0 Å². The van der Waals surface area contributed by atoms with Crippen molar-refractivity contribution in [2.24, 2.45) is 0 Å². The molecule has 0 amide bonds. The summed E-state index contributed by atoms with van der Waals surface area (Å²) in [5, 5.41) is 17.3. The number of allylic oxidation sites excluding steroid dienone is 8. The third-order valence-electron chi connectivity index (χ3n) is 13.9. The van der Waals surface area contributed by atoms with Crippen LogP contribution in [-0.2, 0) is 38.1 Å². The van der Waals surface area contributed by atoms with Crippen molar-refractivity contribution in [3.8, 4) is 0 Å². The van der Waals surface area contributed by atoms with E-state index >= 15 is 0 Å². The molecule has 0 aromatic rings. The normalized spacial score (nSPS) is 11.1. The summed E-state index contributed by atoms with van der Waals surface area (Å²) in [5.41, 5.74) is 0. The average molecular weight is 1160 g/mol. The second-order valence-corrected chi connectivity index (χ2v) is 21.9. The first-order chi connectivity index (χ1) is 40.2. The number of rotatable bonds is 58. The Morgan fingerprint density at radius 2 is 0.390 bits per heavy atom. The predicted octanol–water partition coefficient (Wildman–Crippen LogP) is 21.2. The van der Waals surface area contributed by atoms with E-state index in [0.29, 0.717) is 65.3 Å². The number of hydrogen-bond donors (Lipinski definition) is 2. The Kier molecular flexibility index (Phi) is 85.2. The molecule has 0 saturated heterocycles. The van der Waals surface area contributed by atoms with E-state index in [0.717, 1.165) is 77.0 Å². The molecule has 0 bridgehead atoms. The smallest absolute Gasteiger partial charge is 0.305 e. The molecule has 0 unspecified atom stereocenters. The highest BCUT2D eigenvalue weighted by atomic mass is 16.5. The van der Waals surface area contributed by atoms with E-state index in [1.807, 2.05) is 27.7 Å². The summed E-state index contributed by atoms with van der Waals surface area (Å²) in [4.78, 5) is 44.5. The van der Waals surface area contributed by atoms with E-state index < -0.39 is 0 Å². The molecule has 0 radical (unpaired) electrons. The molecule has 0 spiro atoms. The number of aliphatic hydroxyl groups is 2. The lowest BCUT2D eigenvalue weighted by atomic mass is 10.1. The van der Waals surface area contributed by atoms with Gasteiger partial charge in [-0.25, -0.2) is 0 Å². The van der Waals surface area contributed by atoms with Crippen LogP contribution in [0.15, 0.2) is 48.6 Å². The number of unbranched alkanes of at least 4 members (excludes halogenated alkanes) is 36. The summed E-state index contributed by atoms with van der Waals surface area (Å²) in [6.45, 7) is 14.6. The van der Waals surface area contributed by atoms with E-state index in [-0.39, 0.29) is 23.9 Å². The Labute approximate surface area is 508 Å². The lowest BCUT2D eigenvalue weighted by Crippen LogP contribution is -2.03. The van der Waals surface area contributed by atoms with Crippen LogP contribution in [0.1, 0.15) is 350 Å². The van der Waals surface area contributed by atoms with Gasteiger partial charge in [-0.05, 0) is 169 Å². The number of aliphatic hydroxyl groups excluding tert-OH is 2. The van der Waals surface area contributed by atoms with Crippen LogP contribution in [0.5, 0.6) is 0 Å². The molecule has 0 aliphatic carbocycles. The Morgan fingerprint density at radius 1 is 0.232 bits per heavy atom. The summed E-state index contributed by atoms with van der Waals surface area (Å²) in [6, 6.07) is 0. The van der Waals surface area contributed by atoms with Crippen LogP contribution >= 0.6 is 0 Å². The predicted molar refractivity (Wildman–Crippen MR) is 350 cm³/mol. The molecule has 0 saturated carbocycles. The molecular formula is C72H136O10.